The standard InChI is InChI=1S/C18H22N2O4S/c1-13-10-11-15-18-14(13)7-6-8-16(18)25(23,24)20(15)12-5-3-2-4-9-17(21)19-22/h6-8,10-11,22H,2-5,9,12H2,1H3,(H,19,21). The lowest BCUT2D eigenvalue weighted by Gasteiger charge is -2.18. The molecular formula is C18H22N2O4S. The number of sulfonamides is 1. The molecule has 0 radical (unpaired) electrons. The SMILES string of the molecule is Cc1ccc2c3c(cccc13)S(=O)(=O)N2CCCCCCC(=O)NO. The summed E-state index contributed by atoms with van der Waals surface area (Å²) in [7, 11) is -3.49. The van der Waals surface area contributed by atoms with E-state index >= 15 is 0 Å². The summed E-state index contributed by atoms with van der Waals surface area (Å²) in [5.41, 5.74) is 3.44. The number of nitrogens with one attached hydrogen (secondary N) is 1. The molecule has 1 amide bonds. The van der Waals surface area contributed by atoms with E-state index in [1.165, 1.54) is 4.31 Å². The molecule has 2 N–H and O–H groups in total. The number of hydroxylamine groups is 1. The van der Waals surface area contributed by atoms with Crippen molar-refractivity contribution in [3.8, 4) is 0 Å². The largest absolute Gasteiger partial charge is 0.289 e. The van der Waals surface area contributed by atoms with Crippen LogP contribution < -0.4 is 9.79 Å². The van der Waals surface area contributed by atoms with Crippen molar-refractivity contribution >= 4 is 32.4 Å². The molecule has 1 heterocycles. The number of anilines is 1. The van der Waals surface area contributed by atoms with Crippen LogP contribution in [0.1, 0.15) is 37.7 Å². The summed E-state index contributed by atoms with van der Waals surface area (Å²) in [6, 6.07) is 9.28. The van der Waals surface area contributed by atoms with Crippen LogP contribution in [-0.2, 0) is 14.8 Å². The first kappa shape index (κ1) is 17.7. The average molecular weight is 362 g/mol. The van der Waals surface area contributed by atoms with E-state index in [1.807, 2.05) is 25.1 Å². The summed E-state index contributed by atoms with van der Waals surface area (Å²) < 4.78 is 27.2. The van der Waals surface area contributed by atoms with Gasteiger partial charge in [0, 0.05) is 18.4 Å². The normalized spacial score (nSPS) is 14.9. The van der Waals surface area contributed by atoms with Crippen LogP contribution >= 0.6 is 0 Å². The maximum atomic E-state index is 12.9. The van der Waals surface area contributed by atoms with Crippen molar-refractivity contribution in [2.24, 2.45) is 0 Å². The number of carbonyl (C=O) groups excluding carboxylic acids is 1. The van der Waals surface area contributed by atoms with Crippen molar-refractivity contribution in [1.82, 2.24) is 5.48 Å². The lowest BCUT2D eigenvalue weighted by atomic mass is 10.0. The highest BCUT2D eigenvalue weighted by Crippen LogP contribution is 2.43. The van der Waals surface area contributed by atoms with Gasteiger partial charge in [-0.2, -0.15) is 0 Å². The number of hydrogen-bond acceptors (Lipinski definition) is 4. The Bertz CT molecular complexity index is 909. The Kier molecular flexibility index (Phi) is 4.96. The molecule has 0 aliphatic carbocycles. The van der Waals surface area contributed by atoms with Crippen LogP contribution in [0.2, 0.25) is 0 Å². The molecule has 0 aromatic heterocycles. The zero-order valence-electron chi connectivity index (χ0n) is 14.2. The third-order valence-electron chi connectivity index (χ3n) is 4.67. The second-order valence-corrected chi connectivity index (χ2v) is 8.19. The molecule has 1 aliphatic rings. The van der Waals surface area contributed by atoms with Gasteiger partial charge in [-0.15, -0.1) is 0 Å². The van der Waals surface area contributed by atoms with E-state index in [-0.39, 0.29) is 12.3 Å². The summed E-state index contributed by atoms with van der Waals surface area (Å²) in [6.45, 7) is 2.42. The van der Waals surface area contributed by atoms with Gasteiger partial charge >= 0.3 is 0 Å². The van der Waals surface area contributed by atoms with Crippen LogP contribution in [0, 0.1) is 6.92 Å². The van der Waals surface area contributed by atoms with Crippen molar-refractivity contribution in [3.05, 3.63) is 35.9 Å². The van der Waals surface area contributed by atoms with Gasteiger partial charge in [-0.25, -0.2) is 13.9 Å². The molecule has 0 saturated carbocycles. The molecule has 134 valence electrons. The molecule has 0 fully saturated rings. The van der Waals surface area contributed by atoms with Crippen LogP contribution in [0.5, 0.6) is 0 Å². The number of amides is 1. The van der Waals surface area contributed by atoms with Gasteiger partial charge in [0.05, 0.1) is 10.6 Å². The van der Waals surface area contributed by atoms with E-state index < -0.39 is 10.0 Å². The van der Waals surface area contributed by atoms with Gasteiger partial charge in [0.15, 0.2) is 0 Å². The first-order valence-electron chi connectivity index (χ1n) is 8.45. The van der Waals surface area contributed by atoms with Gasteiger partial charge in [0.2, 0.25) is 5.91 Å². The van der Waals surface area contributed by atoms with E-state index in [0.717, 1.165) is 41.3 Å². The smallest absolute Gasteiger partial charge is 0.265 e. The van der Waals surface area contributed by atoms with Crippen LogP contribution in [0.4, 0.5) is 5.69 Å². The number of hydrogen-bond donors (Lipinski definition) is 2. The molecule has 0 atom stereocenters. The molecule has 0 bridgehead atoms. The van der Waals surface area contributed by atoms with E-state index in [1.54, 1.807) is 17.6 Å². The minimum Gasteiger partial charge on any atom is -0.289 e. The Morgan fingerprint density at radius 2 is 1.88 bits per heavy atom. The second-order valence-electron chi connectivity index (χ2n) is 6.36. The van der Waals surface area contributed by atoms with Crippen LogP contribution in [0.25, 0.3) is 10.8 Å². The molecule has 0 spiro atoms. The Morgan fingerprint density at radius 3 is 2.64 bits per heavy atom. The van der Waals surface area contributed by atoms with Gasteiger partial charge in [-0.1, -0.05) is 31.0 Å². The number of benzene rings is 2. The second kappa shape index (κ2) is 7.01. The predicted octanol–water partition coefficient (Wildman–Crippen LogP) is 3.11. The van der Waals surface area contributed by atoms with Crippen LogP contribution in [0.15, 0.2) is 35.2 Å². The number of nitrogens with zero attached hydrogens (tertiary/aromatic N) is 1. The van der Waals surface area contributed by atoms with E-state index in [9.17, 15) is 13.2 Å². The van der Waals surface area contributed by atoms with Crippen molar-refractivity contribution in [1.29, 1.82) is 0 Å². The fourth-order valence-corrected chi connectivity index (χ4v) is 5.10. The quantitative estimate of drug-likeness (QED) is 0.450. The third-order valence-corrected chi connectivity index (χ3v) is 6.53. The molecule has 7 heteroatoms. The Hall–Kier alpha value is -2.12. The maximum absolute atomic E-state index is 12.9. The molecule has 2 aromatic carbocycles. The molecule has 6 nitrogen and oxygen atoms in total. The molecule has 2 aromatic rings. The summed E-state index contributed by atoms with van der Waals surface area (Å²) in [4.78, 5) is 11.3. The van der Waals surface area contributed by atoms with Crippen LogP contribution in [-0.4, -0.2) is 26.1 Å². The Labute approximate surface area is 147 Å². The van der Waals surface area contributed by atoms with Crippen molar-refractivity contribution < 1.29 is 18.4 Å². The van der Waals surface area contributed by atoms with E-state index in [0.29, 0.717) is 17.9 Å². The van der Waals surface area contributed by atoms with Crippen molar-refractivity contribution in [2.75, 3.05) is 10.8 Å². The molecule has 0 unspecified atom stereocenters. The molecule has 0 saturated heterocycles. The molecular weight excluding hydrogens is 340 g/mol. The van der Waals surface area contributed by atoms with E-state index in [4.69, 9.17) is 5.21 Å². The minimum absolute atomic E-state index is 0.280. The summed E-state index contributed by atoms with van der Waals surface area (Å²) in [5, 5.41) is 10.2. The summed E-state index contributed by atoms with van der Waals surface area (Å²) in [6.07, 6.45) is 3.33. The third kappa shape index (κ3) is 3.21. The summed E-state index contributed by atoms with van der Waals surface area (Å²) >= 11 is 0. The van der Waals surface area contributed by atoms with Gasteiger partial charge in [-0.05, 0) is 42.8 Å². The first-order valence-corrected chi connectivity index (χ1v) is 9.89. The van der Waals surface area contributed by atoms with Crippen molar-refractivity contribution in [3.63, 3.8) is 0 Å². The molecule has 25 heavy (non-hydrogen) atoms. The highest BCUT2D eigenvalue weighted by Gasteiger charge is 2.35. The monoisotopic (exact) mass is 362 g/mol. The maximum Gasteiger partial charge on any atom is 0.265 e. The fourth-order valence-electron chi connectivity index (χ4n) is 3.36. The van der Waals surface area contributed by atoms with E-state index in [2.05, 4.69) is 0 Å². The highest BCUT2D eigenvalue weighted by atomic mass is 32.2. The molecule has 1 aliphatic heterocycles. The Balaban J connectivity index is 1.70. The number of unbranched alkanes of at least 4 members (excludes halogenated alkanes) is 3. The first-order chi connectivity index (χ1) is 12.0. The van der Waals surface area contributed by atoms with Gasteiger partial charge in [-0.3, -0.25) is 14.3 Å². The zero-order valence-corrected chi connectivity index (χ0v) is 15.0. The molecule has 3 rings (SSSR count). The fraction of sp³-hybridized carbons (Fsp3) is 0.389. The highest BCUT2D eigenvalue weighted by molar-refractivity contribution is 7.93. The topological polar surface area (TPSA) is 86.7 Å². The number of aryl methyl sites for hydroxylation is 1. The number of carbonyl (C=O) groups is 1. The lowest BCUT2D eigenvalue weighted by molar-refractivity contribution is -0.129. The minimum atomic E-state index is -3.49. The zero-order chi connectivity index (χ0) is 18.0. The van der Waals surface area contributed by atoms with Gasteiger partial charge in [0.25, 0.3) is 10.0 Å². The Morgan fingerprint density at radius 1 is 1.12 bits per heavy atom. The predicted molar refractivity (Wildman–Crippen MR) is 96.2 cm³/mol. The average Bonchev–Trinajstić information content (AvgIpc) is 2.82. The lowest BCUT2D eigenvalue weighted by Crippen LogP contribution is -2.28. The van der Waals surface area contributed by atoms with Crippen LogP contribution in [0.3, 0.4) is 0 Å². The number of rotatable bonds is 7. The summed E-state index contributed by atoms with van der Waals surface area (Å²) in [5.74, 6) is -0.389. The van der Waals surface area contributed by atoms with Gasteiger partial charge < -0.3 is 0 Å². The van der Waals surface area contributed by atoms with Gasteiger partial charge in [0.1, 0.15) is 0 Å². The van der Waals surface area contributed by atoms with Crippen molar-refractivity contribution in [2.45, 2.75) is 43.9 Å².